The van der Waals surface area contributed by atoms with Crippen molar-refractivity contribution in [1.82, 2.24) is 19.6 Å². The summed E-state index contributed by atoms with van der Waals surface area (Å²) in [5, 5.41) is 3.91. The molecule has 0 saturated carbocycles. The van der Waals surface area contributed by atoms with Crippen molar-refractivity contribution < 1.29 is 9.26 Å². The van der Waals surface area contributed by atoms with Gasteiger partial charge in [-0.2, -0.15) is 0 Å². The molecular weight excluding hydrogens is 244 g/mol. The fourth-order valence-corrected chi connectivity index (χ4v) is 2.25. The normalized spacial score (nSPS) is 16.9. The molecule has 1 aliphatic rings. The molecule has 6 nitrogen and oxygen atoms in total. The van der Waals surface area contributed by atoms with Gasteiger partial charge in [0.2, 0.25) is 0 Å². The second-order valence-corrected chi connectivity index (χ2v) is 4.79. The maximum absolute atomic E-state index is 5.36. The summed E-state index contributed by atoms with van der Waals surface area (Å²) < 4.78 is 12.7. The maximum atomic E-state index is 5.36. The third-order valence-electron chi connectivity index (χ3n) is 3.27. The van der Waals surface area contributed by atoms with Crippen LogP contribution in [0.1, 0.15) is 17.3 Å². The van der Waals surface area contributed by atoms with E-state index in [2.05, 4.69) is 19.6 Å². The molecule has 0 bridgehead atoms. The molecule has 102 valence electrons. The lowest BCUT2D eigenvalue weighted by atomic mass is 10.3. The van der Waals surface area contributed by atoms with Crippen LogP contribution in [0.2, 0.25) is 0 Å². The Balaban J connectivity index is 1.67. The molecule has 2 aromatic rings. The van der Waals surface area contributed by atoms with Crippen LogP contribution in [-0.4, -0.2) is 45.9 Å². The minimum absolute atomic E-state index is 0.681. The van der Waals surface area contributed by atoms with Gasteiger partial charge in [0, 0.05) is 31.5 Å². The number of rotatable bonds is 4. The van der Waals surface area contributed by atoms with Crippen molar-refractivity contribution in [2.45, 2.75) is 20.0 Å². The highest BCUT2D eigenvalue weighted by Crippen LogP contribution is 2.10. The first-order valence-corrected chi connectivity index (χ1v) is 6.53. The summed E-state index contributed by atoms with van der Waals surface area (Å²) in [4.78, 5) is 6.79. The van der Waals surface area contributed by atoms with Crippen LogP contribution in [-0.2, 0) is 17.8 Å². The Morgan fingerprint density at radius 2 is 2.11 bits per heavy atom. The van der Waals surface area contributed by atoms with Gasteiger partial charge < -0.3 is 13.8 Å². The van der Waals surface area contributed by atoms with Gasteiger partial charge >= 0.3 is 0 Å². The van der Waals surface area contributed by atoms with Gasteiger partial charge in [0.25, 0.3) is 0 Å². The van der Waals surface area contributed by atoms with Crippen molar-refractivity contribution >= 4 is 0 Å². The number of morpholine rings is 1. The molecule has 3 rings (SSSR count). The van der Waals surface area contributed by atoms with Crippen molar-refractivity contribution in [3.63, 3.8) is 0 Å². The lowest BCUT2D eigenvalue weighted by Gasteiger charge is -2.26. The zero-order chi connectivity index (χ0) is 13.1. The van der Waals surface area contributed by atoms with Crippen molar-refractivity contribution in [3.05, 3.63) is 35.7 Å². The Morgan fingerprint density at radius 1 is 1.26 bits per heavy atom. The van der Waals surface area contributed by atoms with Crippen LogP contribution in [0.3, 0.4) is 0 Å². The molecule has 0 atom stereocenters. The van der Waals surface area contributed by atoms with E-state index >= 15 is 0 Å². The first-order valence-electron chi connectivity index (χ1n) is 6.53. The molecule has 1 aliphatic heterocycles. The van der Waals surface area contributed by atoms with E-state index in [0.29, 0.717) is 6.54 Å². The summed E-state index contributed by atoms with van der Waals surface area (Å²) in [6.45, 7) is 7.01. The number of nitrogens with zero attached hydrogens (tertiary/aromatic N) is 4. The quantitative estimate of drug-likeness (QED) is 0.824. The first-order chi connectivity index (χ1) is 9.31. The largest absolute Gasteiger partial charge is 0.379 e. The van der Waals surface area contributed by atoms with E-state index < -0.39 is 0 Å². The van der Waals surface area contributed by atoms with Crippen LogP contribution in [0.4, 0.5) is 0 Å². The molecule has 0 amide bonds. The highest BCUT2D eigenvalue weighted by Gasteiger charge is 2.14. The zero-order valence-electron chi connectivity index (χ0n) is 11.1. The maximum Gasteiger partial charge on any atom is 0.156 e. The lowest BCUT2D eigenvalue weighted by Crippen LogP contribution is -2.36. The Hall–Kier alpha value is -1.66. The third kappa shape index (κ3) is 3.02. The van der Waals surface area contributed by atoms with E-state index in [1.165, 1.54) is 0 Å². The fourth-order valence-electron chi connectivity index (χ4n) is 2.25. The Kier molecular flexibility index (Phi) is 3.61. The average molecular weight is 262 g/mol. The molecule has 0 N–H and O–H groups in total. The molecule has 19 heavy (non-hydrogen) atoms. The smallest absolute Gasteiger partial charge is 0.156 e. The second-order valence-electron chi connectivity index (χ2n) is 4.79. The third-order valence-corrected chi connectivity index (χ3v) is 3.27. The first kappa shape index (κ1) is 12.4. The standard InChI is InChI=1S/C13H18N4O2/c1-11-8-12(19-15-11)9-17-3-2-14-13(17)10-16-4-6-18-7-5-16/h2-3,8H,4-7,9-10H2,1H3. The van der Waals surface area contributed by atoms with Crippen molar-refractivity contribution in [2.75, 3.05) is 26.3 Å². The summed E-state index contributed by atoms with van der Waals surface area (Å²) in [6.07, 6.45) is 3.81. The molecule has 0 spiro atoms. The van der Waals surface area contributed by atoms with Crippen molar-refractivity contribution in [2.24, 2.45) is 0 Å². The van der Waals surface area contributed by atoms with Gasteiger partial charge in [-0.3, -0.25) is 4.90 Å². The van der Waals surface area contributed by atoms with E-state index in [1.54, 1.807) is 0 Å². The summed E-state index contributed by atoms with van der Waals surface area (Å²) in [7, 11) is 0. The number of hydrogen-bond donors (Lipinski definition) is 0. The van der Waals surface area contributed by atoms with Gasteiger partial charge in [-0.05, 0) is 6.92 Å². The number of hydrogen-bond acceptors (Lipinski definition) is 5. The van der Waals surface area contributed by atoms with Crippen LogP contribution in [0, 0.1) is 6.92 Å². The van der Waals surface area contributed by atoms with Crippen LogP contribution in [0.25, 0.3) is 0 Å². The van der Waals surface area contributed by atoms with Crippen LogP contribution < -0.4 is 0 Å². The Labute approximate surface area is 112 Å². The molecule has 0 radical (unpaired) electrons. The van der Waals surface area contributed by atoms with Crippen molar-refractivity contribution in [3.8, 4) is 0 Å². The van der Waals surface area contributed by atoms with Crippen LogP contribution in [0.5, 0.6) is 0 Å². The minimum atomic E-state index is 0.681. The van der Waals surface area contributed by atoms with Gasteiger partial charge in [0.15, 0.2) is 5.76 Å². The molecule has 1 fully saturated rings. The molecular formula is C13H18N4O2. The number of aromatic nitrogens is 3. The number of imidazole rings is 1. The van der Waals surface area contributed by atoms with Crippen molar-refractivity contribution in [1.29, 1.82) is 0 Å². The number of aryl methyl sites for hydroxylation is 1. The van der Waals surface area contributed by atoms with Gasteiger partial charge in [0.1, 0.15) is 5.82 Å². The fraction of sp³-hybridized carbons (Fsp3) is 0.538. The predicted molar refractivity (Wildman–Crippen MR) is 68.7 cm³/mol. The van der Waals surface area contributed by atoms with Gasteiger partial charge in [0.05, 0.1) is 32.0 Å². The highest BCUT2D eigenvalue weighted by molar-refractivity contribution is 5.05. The summed E-state index contributed by atoms with van der Waals surface area (Å²) in [5.41, 5.74) is 0.907. The van der Waals surface area contributed by atoms with Crippen LogP contribution in [0.15, 0.2) is 23.0 Å². The van der Waals surface area contributed by atoms with E-state index in [-0.39, 0.29) is 0 Å². The monoisotopic (exact) mass is 262 g/mol. The van der Waals surface area contributed by atoms with E-state index in [1.807, 2.05) is 25.4 Å². The summed E-state index contributed by atoms with van der Waals surface area (Å²) >= 11 is 0. The summed E-state index contributed by atoms with van der Waals surface area (Å²) in [6, 6.07) is 1.96. The number of ether oxygens (including phenoxy) is 1. The van der Waals surface area contributed by atoms with E-state index in [4.69, 9.17) is 9.26 Å². The van der Waals surface area contributed by atoms with Gasteiger partial charge in [-0.1, -0.05) is 5.16 Å². The molecule has 3 heterocycles. The highest BCUT2D eigenvalue weighted by atomic mass is 16.5. The average Bonchev–Trinajstić information content (AvgIpc) is 3.01. The SMILES string of the molecule is Cc1cc(Cn2ccnc2CN2CCOCC2)on1. The second kappa shape index (κ2) is 5.54. The predicted octanol–water partition coefficient (Wildman–Crippen LogP) is 1.06. The lowest BCUT2D eigenvalue weighted by molar-refractivity contribution is 0.0326. The summed E-state index contributed by atoms with van der Waals surface area (Å²) in [5.74, 6) is 1.91. The van der Waals surface area contributed by atoms with Gasteiger partial charge in [-0.15, -0.1) is 0 Å². The Bertz CT molecular complexity index is 528. The minimum Gasteiger partial charge on any atom is -0.379 e. The Morgan fingerprint density at radius 3 is 2.84 bits per heavy atom. The zero-order valence-corrected chi connectivity index (χ0v) is 11.1. The van der Waals surface area contributed by atoms with E-state index in [9.17, 15) is 0 Å². The van der Waals surface area contributed by atoms with E-state index in [0.717, 1.165) is 50.1 Å². The van der Waals surface area contributed by atoms with Gasteiger partial charge in [-0.25, -0.2) is 4.98 Å². The topological polar surface area (TPSA) is 56.3 Å². The molecule has 0 unspecified atom stereocenters. The molecule has 6 heteroatoms. The molecule has 0 aliphatic carbocycles. The van der Waals surface area contributed by atoms with Crippen LogP contribution >= 0.6 is 0 Å². The molecule has 1 saturated heterocycles. The molecule has 2 aromatic heterocycles. The molecule has 0 aromatic carbocycles.